The third-order valence-electron chi connectivity index (χ3n) is 2.80. The van der Waals surface area contributed by atoms with Gasteiger partial charge in [0.2, 0.25) is 0 Å². The molecule has 0 heterocycles. The molecule has 0 saturated carbocycles. The molecule has 0 fully saturated rings. The molecule has 0 rings (SSSR count). The monoisotopic (exact) mass is 328 g/mol. The summed E-state index contributed by atoms with van der Waals surface area (Å²) in [4.78, 5) is 20.8. The lowest BCUT2D eigenvalue weighted by Crippen LogP contribution is -1.94. The maximum Gasteiger partial charge on any atom is 0.331 e. The van der Waals surface area contributed by atoms with Gasteiger partial charge in [-0.1, -0.05) is 65.8 Å². The summed E-state index contributed by atoms with van der Waals surface area (Å²) in [6, 6.07) is 0. The molecule has 0 saturated heterocycles. The molecule has 0 aromatic rings. The fraction of sp³-hybridized carbons (Fsp3) is 0.200. The molecule has 24 heavy (non-hydrogen) atoms. The molecule has 1 N–H and O–H groups in total. The molecule has 0 amide bonds. The normalized spacial score (nSPS) is 14.8. The van der Waals surface area contributed by atoms with Crippen molar-refractivity contribution in [3.63, 3.8) is 0 Å². The molecule has 0 unspecified atom stereocenters. The highest BCUT2D eigenvalue weighted by molar-refractivity contribution is 5.86. The summed E-state index contributed by atoms with van der Waals surface area (Å²) in [6.45, 7) is 7.54. The van der Waals surface area contributed by atoms with Crippen molar-refractivity contribution >= 4 is 12.4 Å². The molecule has 0 bridgehead atoms. The average molecular weight is 328 g/mol. The number of rotatable bonds is 9. The maximum atomic E-state index is 10.6. The van der Waals surface area contributed by atoms with Crippen LogP contribution in [0.3, 0.4) is 0 Å². The molecule has 0 aliphatic rings. The molecular formula is C20H24O4. The van der Waals surface area contributed by atoms with Crippen LogP contribution in [0.4, 0.5) is 0 Å². The largest absolute Gasteiger partial charge is 0.478 e. The van der Waals surface area contributed by atoms with E-state index in [9.17, 15) is 9.59 Å². The molecule has 4 nitrogen and oxygen atoms in total. The zero-order chi connectivity index (χ0) is 18.4. The second-order valence-corrected chi connectivity index (χ2v) is 5.07. The Kier molecular flexibility index (Phi) is 11.1. The lowest BCUT2D eigenvalue weighted by Gasteiger charge is -1.92. The van der Waals surface area contributed by atoms with Crippen LogP contribution in [0, 0.1) is 0 Å². The first-order valence-electron chi connectivity index (χ1n) is 7.42. The van der Waals surface area contributed by atoms with Gasteiger partial charge in [-0.05, 0) is 33.8 Å². The Morgan fingerprint density at radius 3 is 1.75 bits per heavy atom. The van der Waals surface area contributed by atoms with E-state index >= 15 is 0 Å². The van der Waals surface area contributed by atoms with Gasteiger partial charge in [0.05, 0.1) is 0 Å². The first kappa shape index (κ1) is 21.1. The summed E-state index contributed by atoms with van der Waals surface area (Å²) in [5, 5.41) is 8.73. The lowest BCUT2D eigenvalue weighted by atomic mass is 10.2. The predicted molar refractivity (Wildman–Crippen MR) is 97.2 cm³/mol. The van der Waals surface area contributed by atoms with Crippen LogP contribution in [0.25, 0.3) is 0 Å². The van der Waals surface area contributed by atoms with E-state index in [1.54, 1.807) is 38.2 Å². The van der Waals surface area contributed by atoms with Crippen molar-refractivity contribution < 1.29 is 19.4 Å². The summed E-state index contributed by atoms with van der Waals surface area (Å²) >= 11 is 0. The van der Waals surface area contributed by atoms with Crippen molar-refractivity contribution in [3.8, 4) is 0 Å². The molecule has 0 radical (unpaired) electrons. The molecule has 128 valence electrons. The summed E-state index contributed by atoms with van der Waals surface area (Å²) in [5.41, 5.74) is 2.35. The fourth-order valence-corrected chi connectivity index (χ4v) is 1.39. The Balaban J connectivity index is 4.57. The number of allylic oxidation sites excluding steroid dienone is 13. The van der Waals surface area contributed by atoms with Gasteiger partial charge in [0.25, 0.3) is 6.47 Å². The van der Waals surface area contributed by atoms with Crippen LogP contribution in [0.5, 0.6) is 0 Å². The number of hydrogen-bond donors (Lipinski definition) is 1. The Bertz CT molecular complexity index is 639. The van der Waals surface area contributed by atoms with E-state index in [2.05, 4.69) is 4.74 Å². The maximum absolute atomic E-state index is 10.6. The van der Waals surface area contributed by atoms with Crippen molar-refractivity contribution in [2.75, 3.05) is 0 Å². The quantitative estimate of drug-likeness (QED) is 0.289. The Morgan fingerprint density at radius 1 is 0.792 bits per heavy atom. The first-order valence-corrected chi connectivity index (χ1v) is 7.42. The minimum absolute atomic E-state index is 0.294. The zero-order valence-corrected chi connectivity index (χ0v) is 14.5. The van der Waals surface area contributed by atoms with E-state index in [1.807, 2.05) is 50.3 Å². The van der Waals surface area contributed by atoms with Gasteiger partial charge in [-0.15, -0.1) is 0 Å². The van der Waals surface area contributed by atoms with Gasteiger partial charge >= 0.3 is 5.97 Å². The van der Waals surface area contributed by atoms with Gasteiger partial charge < -0.3 is 9.84 Å². The van der Waals surface area contributed by atoms with Crippen LogP contribution in [0.1, 0.15) is 27.7 Å². The van der Waals surface area contributed by atoms with Crippen LogP contribution in [-0.2, 0) is 14.3 Å². The van der Waals surface area contributed by atoms with Gasteiger partial charge in [-0.25, -0.2) is 4.79 Å². The second-order valence-electron chi connectivity index (χ2n) is 5.07. The van der Waals surface area contributed by atoms with Crippen LogP contribution in [-0.4, -0.2) is 17.5 Å². The van der Waals surface area contributed by atoms with Crippen LogP contribution in [0.2, 0.25) is 0 Å². The smallest absolute Gasteiger partial charge is 0.331 e. The highest BCUT2D eigenvalue weighted by Crippen LogP contribution is 2.01. The number of ether oxygens (including phenoxy) is 1. The highest BCUT2D eigenvalue weighted by Gasteiger charge is 1.95. The summed E-state index contributed by atoms with van der Waals surface area (Å²) in [7, 11) is 0. The summed E-state index contributed by atoms with van der Waals surface area (Å²) in [5.74, 6) is -0.389. The summed E-state index contributed by atoms with van der Waals surface area (Å²) in [6.07, 6.45) is 18.2. The third kappa shape index (κ3) is 11.7. The molecule has 0 aromatic carbocycles. The molecule has 0 aromatic heterocycles. The first-order chi connectivity index (χ1) is 11.4. The highest BCUT2D eigenvalue weighted by atomic mass is 16.5. The van der Waals surface area contributed by atoms with E-state index < -0.39 is 5.97 Å². The number of carboxylic acids is 1. The Morgan fingerprint density at radius 2 is 1.29 bits per heavy atom. The van der Waals surface area contributed by atoms with Crippen molar-refractivity contribution in [2.45, 2.75) is 27.7 Å². The SMILES string of the molecule is CC(/C=C/C=C(\C)OC=O)=C\C=C\C=C(C)\C=C\C=C(/C)C(=O)O. The number of hydrogen-bond acceptors (Lipinski definition) is 3. The van der Waals surface area contributed by atoms with Gasteiger partial charge in [0.1, 0.15) is 5.76 Å². The zero-order valence-electron chi connectivity index (χ0n) is 14.5. The van der Waals surface area contributed by atoms with E-state index in [1.165, 1.54) is 0 Å². The van der Waals surface area contributed by atoms with E-state index in [4.69, 9.17) is 5.11 Å². The Hall–Kier alpha value is -2.88. The molecular weight excluding hydrogens is 304 g/mol. The van der Waals surface area contributed by atoms with Gasteiger partial charge in [-0.3, -0.25) is 4.79 Å². The number of carbonyl (C=O) groups excluding carboxylic acids is 1. The fourth-order valence-electron chi connectivity index (χ4n) is 1.39. The van der Waals surface area contributed by atoms with Crippen LogP contribution >= 0.6 is 0 Å². The minimum Gasteiger partial charge on any atom is -0.478 e. The van der Waals surface area contributed by atoms with E-state index in [-0.39, 0.29) is 0 Å². The molecule has 0 spiro atoms. The molecule has 0 aliphatic heterocycles. The lowest BCUT2D eigenvalue weighted by molar-refractivity contribution is -0.132. The van der Waals surface area contributed by atoms with Crippen molar-refractivity contribution in [2.24, 2.45) is 0 Å². The van der Waals surface area contributed by atoms with Crippen molar-refractivity contribution in [3.05, 3.63) is 83.2 Å². The predicted octanol–water partition coefficient (Wildman–Crippen LogP) is 4.66. The molecule has 0 aliphatic carbocycles. The van der Waals surface area contributed by atoms with Gasteiger partial charge in [-0.2, -0.15) is 0 Å². The third-order valence-corrected chi connectivity index (χ3v) is 2.80. The summed E-state index contributed by atoms with van der Waals surface area (Å²) < 4.78 is 4.65. The van der Waals surface area contributed by atoms with Crippen molar-refractivity contribution in [1.82, 2.24) is 0 Å². The molecule has 4 heteroatoms. The molecule has 0 atom stereocenters. The van der Waals surface area contributed by atoms with Gasteiger partial charge in [0.15, 0.2) is 0 Å². The van der Waals surface area contributed by atoms with E-state index in [0.717, 1.165) is 11.1 Å². The van der Waals surface area contributed by atoms with Crippen LogP contribution < -0.4 is 0 Å². The average Bonchev–Trinajstić information content (AvgIpc) is 2.51. The number of aliphatic carboxylic acids is 1. The topological polar surface area (TPSA) is 63.6 Å². The second kappa shape index (κ2) is 12.6. The van der Waals surface area contributed by atoms with Crippen molar-refractivity contribution in [1.29, 1.82) is 0 Å². The number of carboxylic acid groups (broad SMARTS) is 1. The van der Waals surface area contributed by atoms with E-state index in [0.29, 0.717) is 17.8 Å². The minimum atomic E-state index is -0.919. The van der Waals surface area contributed by atoms with Gasteiger partial charge in [0, 0.05) is 5.57 Å². The standard InChI is InChI=1S/C20H24O4/c1-16(11-7-13-18(3)20(22)23)9-5-6-10-17(2)12-8-14-19(4)24-15-21/h5-15H,1-4H3,(H,22,23)/b6-5+,11-7+,12-8+,16-9+,17-10+,18-13+,19-14+. The van der Waals surface area contributed by atoms with Crippen LogP contribution in [0.15, 0.2) is 83.2 Å². The Labute approximate surface area is 143 Å². The number of carbonyl (C=O) groups is 2.